The van der Waals surface area contributed by atoms with Gasteiger partial charge >= 0.3 is 0 Å². The third-order valence-corrected chi connectivity index (χ3v) is 11.1. The van der Waals surface area contributed by atoms with Gasteiger partial charge in [-0.25, -0.2) is 0 Å². The van der Waals surface area contributed by atoms with E-state index in [1.807, 2.05) is 0 Å². The molecule has 0 aliphatic heterocycles. The molecule has 0 aromatic heterocycles. The maximum absolute atomic E-state index is 2.40. The zero-order valence-electron chi connectivity index (χ0n) is 34.4. The van der Waals surface area contributed by atoms with Gasteiger partial charge in [0.2, 0.25) is 0 Å². The molecule has 0 fully saturated rings. The molecule has 0 unspecified atom stereocenters. The quantitative estimate of drug-likeness (QED) is 0.0467. The Bertz CT molecular complexity index is 532. The van der Waals surface area contributed by atoms with Crippen LogP contribution >= 0.6 is 0 Å². The van der Waals surface area contributed by atoms with Gasteiger partial charge in [0, 0.05) is 0 Å². The Hall–Kier alpha value is -0.0800. The van der Waals surface area contributed by atoms with Gasteiger partial charge in [0.05, 0.1) is 52.4 Å². The number of quaternary nitrogens is 2. The van der Waals surface area contributed by atoms with Crippen molar-refractivity contribution in [1.82, 2.24) is 0 Å². The van der Waals surface area contributed by atoms with Crippen molar-refractivity contribution in [3.63, 3.8) is 0 Å². The van der Waals surface area contributed by atoms with Gasteiger partial charge in [-0.15, -0.1) is 0 Å². The summed E-state index contributed by atoms with van der Waals surface area (Å²) in [5.41, 5.74) is 0. The van der Waals surface area contributed by atoms with Crippen molar-refractivity contribution in [2.24, 2.45) is 0 Å². The highest BCUT2D eigenvalue weighted by Crippen LogP contribution is 2.17. The topological polar surface area (TPSA) is 0 Å². The molecule has 2 heteroatoms. The minimum atomic E-state index is 1.33. The van der Waals surface area contributed by atoms with Gasteiger partial charge in [-0.05, 0) is 65.2 Å². The van der Waals surface area contributed by atoms with Crippen LogP contribution in [0.2, 0.25) is 0 Å². The molecule has 0 N–H and O–H groups in total. The van der Waals surface area contributed by atoms with E-state index in [4.69, 9.17) is 0 Å². The molecular formula is C44H96N2+2. The molecule has 0 saturated heterocycles. The Kier molecular flexibility index (Phi) is 39.4. The molecule has 2 nitrogen and oxygen atoms in total. The summed E-state index contributed by atoms with van der Waals surface area (Å²) in [6, 6.07) is 0. The van der Waals surface area contributed by atoms with E-state index in [1.54, 1.807) is 0 Å². The zero-order valence-corrected chi connectivity index (χ0v) is 34.4. The lowest BCUT2D eigenvalue weighted by Gasteiger charge is -2.37. The SMILES string of the molecule is CCCCCCCCCCCCCCCC[N+](CC)(CCC)CCC.CCCCCCCCCCCC[N+](CC)(CCC)CCC. The predicted molar refractivity (Wildman–Crippen MR) is 214 cm³/mol. The summed E-state index contributed by atoms with van der Waals surface area (Å²) in [5, 5.41) is 0. The fourth-order valence-electron chi connectivity index (χ4n) is 8.09. The molecule has 0 radical (unpaired) electrons. The Balaban J connectivity index is 0. The minimum Gasteiger partial charge on any atom is -0.324 e. The monoisotopic (exact) mass is 653 g/mol. The van der Waals surface area contributed by atoms with Crippen LogP contribution < -0.4 is 0 Å². The first-order valence-corrected chi connectivity index (χ1v) is 22.2. The second-order valence-corrected chi connectivity index (χ2v) is 15.4. The zero-order chi connectivity index (χ0) is 34.5. The molecular weight excluding hydrogens is 556 g/mol. The number of rotatable bonds is 36. The number of hydrogen-bond acceptors (Lipinski definition) is 0. The van der Waals surface area contributed by atoms with Crippen molar-refractivity contribution in [2.45, 2.75) is 235 Å². The van der Waals surface area contributed by atoms with E-state index in [0.717, 1.165) is 0 Å². The van der Waals surface area contributed by atoms with Gasteiger partial charge in [0.15, 0.2) is 0 Å². The highest BCUT2D eigenvalue weighted by molar-refractivity contribution is 4.52. The van der Waals surface area contributed by atoms with E-state index in [1.165, 1.54) is 241 Å². The van der Waals surface area contributed by atoms with Crippen LogP contribution in [0.5, 0.6) is 0 Å². The van der Waals surface area contributed by atoms with Crippen LogP contribution in [0.25, 0.3) is 0 Å². The van der Waals surface area contributed by atoms with E-state index in [-0.39, 0.29) is 0 Å². The molecule has 0 heterocycles. The number of hydrogen-bond donors (Lipinski definition) is 0. The molecule has 0 bridgehead atoms. The van der Waals surface area contributed by atoms with Crippen molar-refractivity contribution in [3.05, 3.63) is 0 Å². The Morgan fingerprint density at radius 2 is 0.391 bits per heavy atom. The van der Waals surface area contributed by atoms with E-state index in [2.05, 4.69) is 55.4 Å². The molecule has 280 valence electrons. The van der Waals surface area contributed by atoms with E-state index >= 15 is 0 Å². The van der Waals surface area contributed by atoms with Gasteiger partial charge in [-0.2, -0.15) is 0 Å². The number of unbranched alkanes of at least 4 members (excludes halogenated alkanes) is 22. The summed E-state index contributed by atoms with van der Waals surface area (Å²) >= 11 is 0. The minimum absolute atomic E-state index is 1.33. The van der Waals surface area contributed by atoms with Gasteiger partial charge in [0.25, 0.3) is 0 Å². The molecule has 0 aliphatic carbocycles. The molecule has 0 amide bonds. The summed E-state index contributed by atoms with van der Waals surface area (Å²) in [6.45, 7) is 29.9. The molecule has 46 heavy (non-hydrogen) atoms. The second-order valence-electron chi connectivity index (χ2n) is 15.4. The lowest BCUT2D eigenvalue weighted by Crippen LogP contribution is -2.49. The van der Waals surface area contributed by atoms with Crippen LogP contribution in [0.15, 0.2) is 0 Å². The van der Waals surface area contributed by atoms with Crippen molar-refractivity contribution < 1.29 is 8.97 Å². The normalized spacial score (nSPS) is 12.0. The van der Waals surface area contributed by atoms with E-state index in [9.17, 15) is 0 Å². The first-order chi connectivity index (χ1) is 22.5. The van der Waals surface area contributed by atoms with Gasteiger partial charge < -0.3 is 8.97 Å². The molecule has 0 spiro atoms. The maximum Gasteiger partial charge on any atom is 0.0786 e. The van der Waals surface area contributed by atoms with Crippen molar-refractivity contribution >= 4 is 0 Å². The van der Waals surface area contributed by atoms with Crippen molar-refractivity contribution in [3.8, 4) is 0 Å². The van der Waals surface area contributed by atoms with Crippen LogP contribution in [0.3, 0.4) is 0 Å². The van der Waals surface area contributed by atoms with Crippen LogP contribution in [0.1, 0.15) is 235 Å². The molecule has 0 aromatic rings. The summed E-state index contributed by atoms with van der Waals surface area (Å²) < 4.78 is 2.76. The standard InChI is InChI=1S/C24H52N.C20H44N/c1-5-9-10-11-12-13-14-15-16-17-18-19-20-21-24-25(8-4,22-6-2)23-7-3;1-5-9-10-11-12-13-14-15-16-17-20-21(8-4,18-6-2)19-7-3/h5-24H2,1-4H3;5-20H2,1-4H3/q2*+1. The third kappa shape index (κ3) is 30.0. The Morgan fingerprint density at radius 1 is 0.196 bits per heavy atom. The highest BCUT2D eigenvalue weighted by atomic mass is 15.3. The Morgan fingerprint density at radius 3 is 0.565 bits per heavy atom. The average Bonchev–Trinajstić information content (AvgIpc) is 3.06. The van der Waals surface area contributed by atoms with Crippen LogP contribution in [-0.2, 0) is 0 Å². The first kappa shape index (κ1) is 48.0. The van der Waals surface area contributed by atoms with E-state index < -0.39 is 0 Å². The first-order valence-electron chi connectivity index (χ1n) is 22.2. The second kappa shape index (κ2) is 37.7. The van der Waals surface area contributed by atoms with Gasteiger partial charge in [-0.3, -0.25) is 0 Å². The van der Waals surface area contributed by atoms with Crippen LogP contribution in [0, 0.1) is 0 Å². The molecule has 0 rings (SSSR count). The summed E-state index contributed by atoms with van der Waals surface area (Å²) in [6.07, 6.45) is 40.4. The summed E-state index contributed by atoms with van der Waals surface area (Å²) in [4.78, 5) is 0. The van der Waals surface area contributed by atoms with Gasteiger partial charge in [0.1, 0.15) is 0 Å². The molecule has 0 saturated carbocycles. The molecule has 0 atom stereocenters. The third-order valence-electron chi connectivity index (χ3n) is 11.1. The molecule has 0 aliphatic rings. The predicted octanol–water partition coefficient (Wildman–Crippen LogP) is 14.7. The highest BCUT2D eigenvalue weighted by Gasteiger charge is 2.23. The fourth-order valence-corrected chi connectivity index (χ4v) is 8.09. The fraction of sp³-hybridized carbons (Fsp3) is 1.00. The number of nitrogens with zero attached hydrogens (tertiary/aromatic N) is 2. The smallest absolute Gasteiger partial charge is 0.0786 e. The van der Waals surface area contributed by atoms with Crippen LogP contribution in [0.4, 0.5) is 0 Å². The largest absolute Gasteiger partial charge is 0.324 e. The van der Waals surface area contributed by atoms with Crippen molar-refractivity contribution in [2.75, 3.05) is 52.4 Å². The van der Waals surface area contributed by atoms with Crippen LogP contribution in [-0.4, -0.2) is 61.3 Å². The lowest BCUT2D eigenvalue weighted by molar-refractivity contribution is -0.926. The average molecular weight is 653 g/mol. The Labute approximate surface area is 295 Å². The molecule has 0 aromatic carbocycles. The summed E-state index contributed by atoms with van der Waals surface area (Å²) in [7, 11) is 0. The van der Waals surface area contributed by atoms with Crippen molar-refractivity contribution in [1.29, 1.82) is 0 Å². The summed E-state index contributed by atoms with van der Waals surface area (Å²) in [5.74, 6) is 0. The van der Waals surface area contributed by atoms with E-state index in [0.29, 0.717) is 0 Å². The maximum atomic E-state index is 2.40. The lowest BCUT2D eigenvalue weighted by atomic mass is 10.0. The van der Waals surface area contributed by atoms with Gasteiger partial charge in [-0.1, -0.05) is 170 Å².